The van der Waals surface area contributed by atoms with Gasteiger partial charge in [0.05, 0.1) is 5.02 Å². The van der Waals surface area contributed by atoms with Crippen molar-refractivity contribution in [2.75, 3.05) is 0 Å². The highest BCUT2D eigenvalue weighted by Crippen LogP contribution is 2.36. The minimum atomic E-state index is -0.317. The molecular formula is C8H4ClFOS. The third-order valence-corrected chi connectivity index (χ3v) is 2.79. The van der Waals surface area contributed by atoms with Gasteiger partial charge in [0.15, 0.2) is 5.13 Å². The second-order valence-electron chi connectivity index (χ2n) is 2.36. The Hall–Kier alpha value is -0.800. The van der Waals surface area contributed by atoms with Gasteiger partial charge in [-0.2, -0.15) is 4.39 Å². The van der Waals surface area contributed by atoms with Gasteiger partial charge >= 0.3 is 0 Å². The number of hydrogen-bond acceptors (Lipinski definition) is 2. The topological polar surface area (TPSA) is 20.2 Å². The number of halogens is 2. The van der Waals surface area contributed by atoms with Crippen molar-refractivity contribution < 1.29 is 9.50 Å². The number of aromatic hydroxyl groups is 1. The summed E-state index contributed by atoms with van der Waals surface area (Å²) in [7, 11) is 0. The fraction of sp³-hybridized carbons (Fsp3) is 0. The van der Waals surface area contributed by atoms with Gasteiger partial charge in [0, 0.05) is 10.1 Å². The molecule has 0 fully saturated rings. The van der Waals surface area contributed by atoms with Gasteiger partial charge in [-0.1, -0.05) is 11.6 Å². The van der Waals surface area contributed by atoms with E-state index in [4.69, 9.17) is 11.6 Å². The lowest BCUT2D eigenvalue weighted by Gasteiger charge is -1.95. The Bertz CT molecular complexity index is 438. The van der Waals surface area contributed by atoms with Crippen LogP contribution in [-0.2, 0) is 0 Å². The standard InChI is InChI=1S/C8H4ClFOS/c9-5-1-2-6-4(8(5)11)3-7(10)12-6/h1-3,11H. The number of hydrogen-bond donors (Lipinski definition) is 1. The monoisotopic (exact) mass is 202 g/mol. The van der Waals surface area contributed by atoms with Crippen molar-refractivity contribution in [2.45, 2.75) is 0 Å². The summed E-state index contributed by atoms with van der Waals surface area (Å²) in [4.78, 5) is 0. The predicted molar refractivity (Wildman–Crippen MR) is 48.5 cm³/mol. The zero-order valence-electron chi connectivity index (χ0n) is 5.84. The fourth-order valence-electron chi connectivity index (χ4n) is 1.04. The average Bonchev–Trinajstić information content (AvgIpc) is 2.39. The summed E-state index contributed by atoms with van der Waals surface area (Å²) in [6.07, 6.45) is 0. The highest BCUT2D eigenvalue weighted by atomic mass is 35.5. The van der Waals surface area contributed by atoms with Gasteiger partial charge in [0.25, 0.3) is 0 Å². The maximum atomic E-state index is 12.7. The van der Waals surface area contributed by atoms with Crippen LogP contribution >= 0.6 is 22.9 Å². The number of rotatable bonds is 0. The molecule has 0 saturated heterocycles. The van der Waals surface area contributed by atoms with Gasteiger partial charge in [-0.3, -0.25) is 0 Å². The Kier molecular flexibility index (Phi) is 1.70. The summed E-state index contributed by atoms with van der Waals surface area (Å²) in [5, 5.41) is 9.79. The van der Waals surface area contributed by atoms with Crippen LogP contribution in [0.25, 0.3) is 10.1 Å². The Morgan fingerprint density at radius 2 is 2.17 bits per heavy atom. The molecule has 1 N–H and O–H groups in total. The summed E-state index contributed by atoms with van der Waals surface area (Å²) in [6, 6.07) is 4.52. The lowest BCUT2D eigenvalue weighted by atomic mass is 10.2. The van der Waals surface area contributed by atoms with E-state index in [0.717, 1.165) is 11.3 Å². The molecule has 0 bridgehead atoms. The van der Waals surface area contributed by atoms with Crippen molar-refractivity contribution >= 4 is 33.0 Å². The Morgan fingerprint density at radius 1 is 1.42 bits per heavy atom. The van der Waals surface area contributed by atoms with Crippen molar-refractivity contribution in [1.29, 1.82) is 0 Å². The van der Waals surface area contributed by atoms with Gasteiger partial charge in [-0.25, -0.2) is 0 Å². The normalized spacial score (nSPS) is 10.8. The van der Waals surface area contributed by atoms with Gasteiger partial charge in [-0.15, -0.1) is 11.3 Å². The minimum Gasteiger partial charge on any atom is -0.506 e. The smallest absolute Gasteiger partial charge is 0.177 e. The molecule has 0 amide bonds. The zero-order valence-corrected chi connectivity index (χ0v) is 7.42. The molecule has 0 radical (unpaired) electrons. The van der Waals surface area contributed by atoms with Crippen LogP contribution in [0.2, 0.25) is 5.02 Å². The second kappa shape index (κ2) is 2.61. The molecule has 2 rings (SSSR count). The quantitative estimate of drug-likeness (QED) is 0.694. The Balaban J connectivity index is 2.89. The number of thiophene rings is 1. The molecule has 12 heavy (non-hydrogen) atoms. The molecule has 0 aliphatic carbocycles. The second-order valence-corrected chi connectivity index (χ2v) is 3.80. The molecule has 0 spiro atoms. The first-order valence-corrected chi connectivity index (χ1v) is 4.44. The van der Waals surface area contributed by atoms with Crippen molar-refractivity contribution in [3.8, 4) is 5.75 Å². The SMILES string of the molecule is Oc1c(Cl)ccc2sc(F)cc12. The van der Waals surface area contributed by atoms with Gasteiger partial charge < -0.3 is 5.11 Å². The van der Waals surface area contributed by atoms with Crippen LogP contribution < -0.4 is 0 Å². The third-order valence-electron chi connectivity index (χ3n) is 1.59. The molecule has 0 aliphatic rings. The molecular weight excluding hydrogens is 199 g/mol. The number of fused-ring (bicyclic) bond motifs is 1. The van der Waals surface area contributed by atoms with Crippen LogP contribution in [0.3, 0.4) is 0 Å². The van der Waals surface area contributed by atoms with E-state index in [1.807, 2.05) is 0 Å². The van der Waals surface area contributed by atoms with E-state index in [1.54, 1.807) is 12.1 Å². The third kappa shape index (κ3) is 1.06. The molecule has 0 unspecified atom stereocenters. The maximum absolute atomic E-state index is 12.7. The largest absolute Gasteiger partial charge is 0.506 e. The Labute approximate surface area is 77.0 Å². The molecule has 62 valence electrons. The molecule has 1 heterocycles. The first-order chi connectivity index (χ1) is 5.68. The van der Waals surface area contributed by atoms with Crippen molar-refractivity contribution in [1.82, 2.24) is 0 Å². The predicted octanol–water partition coefficient (Wildman–Crippen LogP) is 3.40. The highest BCUT2D eigenvalue weighted by molar-refractivity contribution is 7.17. The molecule has 2 aromatic rings. The first kappa shape index (κ1) is 7.83. The van der Waals surface area contributed by atoms with E-state index >= 15 is 0 Å². The van der Waals surface area contributed by atoms with Crippen molar-refractivity contribution in [2.24, 2.45) is 0 Å². The molecule has 1 nitrogen and oxygen atoms in total. The number of phenols is 1. The van der Waals surface area contributed by atoms with Crippen LogP contribution in [0.15, 0.2) is 18.2 Å². The average molecular weight is 203 g/mol. The summed E-state index contributed by atoms with van der Waals surface area (Å²) in [6.45, 7) is 0. The molecule has 4 heteroatoms. The van der Waals surface area contributed by atoms with Crippen LogP contribution in [0.4, 0.5) is 4.39 Å². The van der Waals surface area contributed by atoms with E-state index in [2.05, 4.69) is 0 Å². The first-order valence-electron chi connectivity index (χ1n) is 3.25. The van der Waals surface area contributed by atoms with E-state index in [9.17, 15) is 9.50 Å². The number of phenolic OH excluding ortho intramolecular Hbond substituents is 1. The lowest BCUT2D eigenvalue weighted by molar-refractivity contribution is 0.482. The van der Waals surface area contributed by atoms with E-state index < -0.39 is 0 Å². The summed E-state index contributed by atoms with van der Waals surface area (Å²) < 4.78 is 13.4. The molecule has 1 aromatic carbocycles. The Morgan fingerprint density at radius 3 is 2.92 bits per heavy atom. The highest BCUT2D eigenvalue weighted by Gasteiger charge is 2.07. The van der Waals surface area contributed by atoms with Crippen LogP contribution in [0, 0.1) is 5.13 Å². The molecule has 0 atom stereocenters. The fourth-order valence-corrected chi connectivity index (χ4v) is 1.99. The summed E-state index contributed by atoms with van der Waals surface area (Å²) in [5.74, 6) is -0.0469. The van der Waals surface area contributed by atoms with E-state index in [0.29, 0.717) is 10.1 Å². The van der Waals surface area contributed by atoms with Gasteiger partial charge in [-0.05, 0) is 18.2 Å². The maximum Gasteiger partial charge on any atom is 0.177 e. The molecule has 0 saturated carbocycles. The minimum absolute atomic E-state index is 0.0469. The van der Waals surface area contributed by atoms with Crippen LogP contribution in [-0.4, -0.2) is 5.11 Å². The van der Waals surface area contributed by atoms with E-state index in [-0.39, 0.29) is 15.9 Å². The van der Waals surface area contributed by atoms with Crippen LogP contribution in [0.5, 0.6) is 5.75 Å². The summed E-state index contributed by atoms with van der Waals surface area (Å²) >= 11 is 6.62. The van der Waals surface area contributed by atoms with Crippen molar-refractivity contribution in [3.05, 3.63) is 28.4 Å². The molecule has 0 aliphatic heterocycles. The number of benzene rings is 1. The van der Waals surface area contributed by atoms with Crippen molar-refractivity contribution in [3.63, 3.8) is 0 Å². The van der Waals surface area contributed by atoms with Gasteiger partial charge in [0.1, 0.15) is 5.75 Å². The summed E-state index contributed by atoms with van der Waals surface area (Å²) in [5.41, 5.74) is 0. The van der Waals surface area contributed by atoms with Crippen LogP contribution in [0.1, 0.15) is 0 Å². The lowest BCUT2D eigenvalue weighted by Crippen LogP contribution is -1.68. The molecule has 1 aromatic heterocycles. The zero-order chi connectivity index (χ0) is 8.72. The van der Waals surface area contributed by atoms with E-state index in [1.165, 1.54) is 6.07 Å². The van der Waals surface area contributed by atoms with Gasteiger partial charge in [0.2, 0.25) is 0 Å².